The highest BCUT2D eigenvalue weighted by molar-refractivity contribution is 7.89. The van der Waals surface area contributed by atoms with Crippen molar-refractivity contribution in [3.63, 3.8) is 0 Å². The first-order valence-electron chi connectivity index (χ1n) is 10.3. The molecule has 0 bridgehead atoms. The van der Waals surface area contributed by atoms with Gasteiger partial charge in [-0.05, 0) is 73.8 Å². The second kappa shape index (κ2) is 8.68. The highest BCUT2D eigenvalue weighted by atomic mass is 32.2. The lowest BCUT2D eigenvalue weighted by Gasteiger charge is -2.19. The molecule has 0 aliphatic carbocycles. The Labute approximate surface area is 181 Å². The van der Waals surface area contributed by atoms with E-state index in [1.165, 1.54) is 13.1 Å². The standard InChI is InChI=1S/C22H25N3O5S/c1-23-31(28,29)18-6-8-20-16(14-18)10-11-25(20)22(27)3-2-12-30-17-5-7-19-15(13-17)4-9-21(26)24-19/h5-8,13-14,23H,2-4,9-12H2,1H3,(H,24,26). The van der Waals surface area contributed by atoms with Crippen molar-refractivity contribution in [3.05, 3.63) is 47.5 Å². The molecule has 0 fully saturated rings. The SMILES string of the molecule is CNS(=O)(=O)c1ccc2c(c1)CCN2C(=O)CCCOc1ccc2c(c1)CCC(=O)N2. The number of hydrogen-bond donors (Lipinski definition) is 2. The van der Waals surface area contributed by atoms with E-state index in [0.29, 0.717) is 45.3 Å². The lowest BCUT2D eigenvalue weighted by Crippen LogP contribution is -2.29. The molecule has 4 rings (SSSR count). The van der Waals surface area contributed by atoms with E-state index >= 15 is 0 Å². The molecular formula is C22H25N3O5S. The number of sulfonamides is 1. The van der Waals surface area contributed by atoms with Gasteiger partial charge in [-0.1, -0.05) is 0 Å². The Kier molecular flexibility index (Phi) is 5.97. The van der Waals surface area contributed by atoms with Crippen molar-refractivity contribution in [1.82, 2.24) is 4.72 Å². The second-order valence-electron chi connectivity index (χ2n) is 7.61. The number of nitrogens with one attached hydrogen (secondary N) is 2. The summed E-state index contributed by atoms with van der Waals surface area (Å²) in [5.41, 5.74) is 3.53. The van der Waals surface area contributed by atoms with Crippen LogP contribution in [0.15, 0.2) is 41.3 Å². The van der Waals surface area contributed by atoms with E-state index in [-0.39, 0.29) is 16.7 Å². The van der Waals surface area contributed by atoms with Crippen molar-refractivity contribution in [1.29, 1.82) is 0 Å². The van der Waals surface area contributed by atoms with Gasteiger partial charge in [-0.2, -0.15) is 0 Å². The number of amides is 2. The van der Waals surface area contributed by atoms with Crippen LogP contribution in [0.4, 0.5) is 11.4 Å². The number of carbonyl (C=O) groups excluding carboxylic acids is 2. The third-order valence-electron chi connectivity index (χ3n) is 5.60. The number of benzene rings is 2. The van der Waals surface area contributed by atoms with E-state index in [1.54, 1.807) is 17.0 Å². The molecule has 0 saturated carbocycles. The number of aryl methyl sites for hydroxylation is 1. The van der Waals surface area contributed by atoms with Crippen LogP contribution in [-0.2, 0) is 32.5 Å². The zero-order valence-electron chi connectivity index (χ0n) is 17.3. The molecule has 0 atom stereocenters. The van der Waals surface area contributed by atoms with Gasteiger partial charge < -0.3 is 15.0 Å². The van der Waals surface area contributed by atoms with Gasteiger partial charge in [0.1, 0.15) is 5.75 Å². The van der Waals surface area contributed by atoms with E-state index in [0.717, 1.165) is 28.3 Å². The molecule has 0 spiro atoms. The molecule has 164 valence electrons. The molecule has 2 aliphatic heterocycles. The molecular weight excluding hydrogens is 418 g/mol. The number of ether oxygens (including phenoxy) is 1. The maximum Gasteiger partial charge on any atom is 0.240 e. The Balaban J connectivity index is 1.30. The average Bonchev–Trinajstić information content (AvgIpc) is 3.20. The highest BCUT2D eigenvalue weighted by Gasteiger charge is 2.26. The average molecular weight is 444 g/mol. The zero-order chi connectivity index (χ0) is 22.0. The van der Waals surface area contributed by atoms with Crippen molar-refractivity contribution in [2.75, 3.05) is 30.4 Å². The van der Waals surface area contributed by atoms with E-state index in [1.807, 2.05) is 18.2 Å². The Morgan fingerprint density at radius 1 is 1.13 bits per heavy atom. The third kappa shape index (κ3) is 4.57. The second-order valence-corrected chi connectivity index (χ2v) is 9.50. The first-order valence-corrected chi connectivity index (χ1v) is 11.8. The summed E-state index contributed by atoms with van der Waals surface area (Å²) in [6.45, 7) is 0.964. The fraction of sp³-hybridized carbons (Fsp3) is 0.364. The van der Waals surface area contributed by atoms with Crippen LogP contribution in [0.2, 0.25) is 0 Å². The van der Waals surface area contributed by atoms with Gasteiger partial charge in [0.05, 0.1) is 11.5 Å². The Morgan fingerprint density at radius 2 is 1.97 bits per heavy atom. The fourth-order valence-corrected chi connectivity index (χ4v) is 4.70. The van der Waals surface area contributed by atoms with Crippen molar-refractivity contribution >= 4 is 33.2 Å². The highest BCUT2D eigenvalue weighted by Crippen LogP contribution is 2.31. The molecule has 2 heterocycles. The van der Waals surface area contributed by atoms with Gasteiger partial charge in [0.15, 0.2) is 0 Å². The Bertz CT molecular complexity index is 1130. The van der Waals surface area contributed by atoms with Crippen LogP contribution >= 0.6 is 0 Å². The predicted molar refractivity (Wildman–Crippen MR) is 117 cm³/mol. The van der Waals surface area contributed by atoms with Crippen LogP contribution in [0, 0.1) is 0 Å². The zero-order valence-corrected chi connectivity index (χ0v) is 18.1. The first kappa shape index (κ1) is 21.3. The van der Waals surface area contributed by atoms with Gasteiger partial charge in [-0.3, -0.25) is 9.59 Å². The maximum absolute atomic E-state index is 12.7. The van der Waals surface area contributed by atoms with E-state index in [4.69, 9.17) is 4.74 Å². The van der Waals surface area contributed by atoms with Crippen molar-refractivity contribution in [2.24, 2.45) is 0 Å². The number of nitrogens with zero attached hydrogens (tertiary/aromatic N) is 1. The van der Waals surface area contributed by atoms with Crippen LogP contribution in [-0.4, -0.2) is 40.4 Å². The normalized spacial score (nSPS) is 15.3. The fourth-order valence-electron chi connectivity index (χ4n) is 3.92. The summed E-state index contributed by atoms with van der Waals surface area (Å²) in [4.78, 5) is 26.0. The molecule has 2 amide bonds. The van der Waals surface area contributed by atoms with E-state index in [9.17, 15) is 18.0 Å². The Hall–Kier alpha value is -2.91. The minimum absolute atomic E-state index is 0.000253. The molecule has 2 N–H and O–H groups in total. The van der Waals surface area contributed by atoms with Crippen LogP contribution in [0.5, 0.6) is 5.75 Å². The molecule has 0 unspecified atom stereocenters. The van der Waals surface area contributed by atoms with Crippen molar-refractivity contribution in [3.8, 4) is 5.75 Å². The predicted octanol–water partition coefficient (Wildman–Crippen LogP) is 2.23. The number of carbonyl (C=O) groups is 2. The molecule has 2 aromatic rings. The number of fused-ring (bicyclic) bond motifs is 2. The number of hydrogen-bond acceptors (Lipinski definition) is 5. The van der Waals surface area contributed by atoms with Gasteiger partial charge in [-0.25, -0.2) is 13.1 Å². The van der Waals surface area contributed by atoms with Crippen LogP contribution < -0.4 is 19.7 Å². The summed E-state index contributed by atoms with van der Waals surface area (Å²) in [6.07, 6.45) is 2.73. The number of anilines is 2. The largest absolute Gasteiger partial charge is 0.494 e. The molecule has 0 radical (unpaired) electrons. The van der Waals surface area contributed by atoms with Crippen LogP contribution in [0.25, 0.3) is 0 Å². The minimum atomic E-state index is -3.50. The van der Waals surface area contributed by atoms with Crippen molar-refractivity contribution in [2.45, 2.75) is 37.0 Å². The lowest BCUT2D eigenvalue weighted by atomic mass is 10.0. The third-order valence-corrected chi connectivity index (χ3v) is 7.01. The van der Waals surface area contributed by atoms with Gasteiger partial charge in [0.2, 0.25) is 21.8 Å². The van der Waals surface area contributed by atoms with Gasteiger partial charge in [0, 0.05) is 30.8 Å². The molecule has 2 aliphatic rings. The van der Waals surface area contributed by atoms with Gasteiger partial charge >= 0.3 is 0 Å². The molecule has 0 saturated heterocycles. The smallest absolute Gasteiger partial charge is 0.240 e. The van der Waals surface area contributed by atoms with Crippen molar-refractivity contribution < 1.29 is 22.7 Å². The van der Waals surface area contributed by atoms with Crippen LogP contribution in [0.3, 0.4) is 0 Å². The maximum atomic E-state index is 12.7. The summed E-state index contributed by atoms with van der Waals surface area (Å²) in [5, 5.41) is 2.84. The van der Waals surface area contributed by atoms with Gasteiger partial charge in [-0.15, -0.1) is 0 Å². The molecule has 8 nitrogen and oxygen atoms in total. The number of rotatable bonds is 7. The summed E-state index contributed by atoms with van der Waals surface area (Å²) in [6, 6.07) is 10.5. The topological polar surface area (TPSA) is 105 Å². The summed E-state index contributed by atoms with van der Waals surface area (Å²) in [5.74, 6) is 0.759. The summed E-state index contributed by atoms with van der Waals surface area (Å²) < 4.78 is 32.1. The Morgan fingerprint density at radius 3 is 2.77 bits per heavy atom. The quantitative estimate of drug-likeness (QED) is 0.639. The molecule has 9 heteroatoms. The minimum Gasteiger partial charge on any atom is -0.494 e. The van der Waals surface area contributed by atoms with Crippen LogP contribution in [0.1, 0.15) is 30.4 Å². The first-order chi connectivity index (χ1) is 14.9. The molecule has 2 aromatic carbocycles. The lowest BCUT2D eigenvalue weighted by molar-refractivity contribution is -0.119. The summed E-state index contributed by atoms with van der Waals surface area (Å²) >= 11 is 0. The summed E-state index contributed by atoms with van der Waals surface area (Å²) in [7, 11) is -2.12. The molecule has 31 heavy (non-hydrogen) atoms. The monoisotopic (exact) mass is 443 g/mol. The van der Waals surface area contributed by atoms with E-state index in [2.05, 4.69) is 10.0 Å². The molecule has 0 aromatic heterocycles. The van der Waals surface area contributed by atoms with E-state index < -0.39 is 10.0 Å². The van der Waals surface area contributed by atoms with Gasteiger partial charge in [0.25, 0.3) is 0 Å².